The number of aliphatic carboxylic acids is 1. The third-order valence-corrected chi connectivity index (χ3v) is 2.79. The van der Waals surface area contributed by atoms with E-state index < -0.39 is 23.1 Å². The van der Waals surface area contributed by atoms with Crippen LogP contribution in [0, 0.1) is 0 Å². The summed E-state index contributed by atoms with van der Waals surface area (Å²) < 4.78 is 4.88. The van der Waals surface area contributed by atoms with E-state index in [1.165, 1.54) is 25.1 Å². The summed E-state index contributed by atoms with van der Waals surface area (Å²) in [6.07, 6.45) is -0.363. The molecule has 20 heavy (non-hydrogen) atoms. The zero-order valence-corrected chi connectivity index (χ0v) is 11.9. The van der Waals surface area contributed by atoms with Gasteiger partial charge in [0.05, 0.1) is 24.0 Å². The Morgan fingerprint density at radius 2 is 2.00 bits per heavy atom. The van der Waals surface area contributed by atoms with Gasteiger partial charge in [-0.05, 0) is 25.5 Å². The summed E-state index contributed by atoms with van der Waals surface area (Å²) >= 11 is 5.78. The molecule has 5 nitrogen and oxygen atoms in total. The van der Waals surface area contributed by atoms with Gasteiger partial charge in [-0.25, -0.2) is 4.79 Å². The van der Waals surface area contributed by atoms with E-state index in [1.807, 2.05) is 0 Å². The van der Waals surface area contributed by atoms with Crippen LogP contribution in [-0.4, -0.2) is 34.8 Å². The van der Waals surface area contributed by atoms with Crippen LogP contribution >= 0.6 is 11.6 Å². The van der Waals surface area contributed by atoms with E-state index in [2.05, 4.69) is 0 Å². The largest absolute Gasteiger partial charge is 0.481 e. The first-order chi connectivity index (χ1) is 9.38. The van der Waals surface area contributed by atoms with E-state index in [9.17, 15) is 14.4 Å². The second-order valence-corrected chi connectivity index (χ2v) is 4.77. The first kappa shape index (κ1) is 16.2. The van der Waals surface area contributed by atoms with Crippen LogP contribution in [0.25, 0.3) is 0 Å². The lowest BCUT2D eigenvalue weighted by molar-refractivity contribution is -0.136. The minimum absolute atomic E-state index is 0.0239. The summed E-state index contributed by atoms with van der Waals surface area (Å²) in [7, 11) is 0. The van der Waals surface area contributed by atoms with Gasteiger partial charge in [0, 0.05) is 5.56 Å². The van der Waals surface area contributed by atoms with Crippen molar-refractivity contribution in [2.24, 2.45) is 0 Å². The molecule has 0 fully saturated rings. The normalized spacial score (nSPS) is 11.8. The molecule has 0 aliphatic heterocycles. The van der Waals surface area contributed by atoms with Gasteiger partial charge in [-0.2, -0.15) is 0 Å². The first-order valence-electron chi connectivity index (χ1n) is 6.07. The Bertz CT molecular complexity index is 536. The molecule has 0 heterocycles. The van der Waals surface area contributed by atoms with Crippen LogP contribution in [0.4, 0.5) is 0 Å². The molecule has 0 spiro atoms. The van der Waals surface area contributed by atoms with Gasteiger partial charge in [0.25, 0.3) is 0 Å². The van der Waals surface area contributed by atoms with Crippen molar-refractivity contribution in [3.05, 3.63) is 34.9 Å². The molecular weight excluding hydrogens is 284 g/mol. The molecule has 1 rings (SSSR count). The minimum Gasteiger partial charge on any atom is -0.481 e. The van der Waals surface area contributed by atoms with E-state index in [1.54, 1.807) is 6.92 Å². The molecular formula is C14H15ClO5. The summed E-state index contributed by atoms with van der Waals surface area (Å²) in [6, 6.07) is 4.43. The van der Waals surface area contributed by atoms with Crippen LogP contribution in [0.15, 0.2) is 18.2 Å². The number of carboxylic acids is 1. The van der Waals surface area contributed by atoms with Crippen molar-refractivity contribution in [2.45, 2.75) is 25.6 Å². The fraction of sp³-hybridized carbons (Fsp3) is 0.357. The number of alkyl halides is 1. The molecule has 0 amide bonds. The lowest BCUT2D eigenvalue weighted by Gasteiger charge is -2.13. The summed E-state index contributed by atoms with van der Waals surface area (Å²) in [5, 5.41) is 8.02. The molecule has 0 bridgehead atoms. The number of ketones is 1. The zero-order valence-electron chi connectivity index (χ0n) is 11.2. The average molecular weight is 299 g/mol. The van der Waals surface area contributed by atoms with Crippen molar-refractivity contribution < 1.29 is 24.2 Å². The van der Waals surface area contributed by atoms with Gasteiger partial charge >= 0.3 is 11.9 Å². The minimum atomic E-state index is -1.10. The summed E-state index contributed by atoms with van der Waals surface area (Å²) in [5.41, 5.74) is 0.319. The van der Waals surface area contributed by atoms with Crippen LogP contribution in [0.3, 0.4) is 0 Å². The molecule has 0 saturated heterocycles. The molecule has 0 aliphatic rings. The number of hydrogen-bond donors (Lipinski definition) is 1. The van der Waals surface area contributed by atoms with Crippen LogP contribution < -0.4 is 0 Å². The van der Waals surface area contributed by atoms with E-state index in [0.717, 1.165) is 0 Å². The highest BCUT2D eigenvalue weighted by Gasteiger charge is 2.25. The van der Waals surface area contributed by atoms with Gasteiger partial charge in [-0.15, -0.1) is 11.6 Å². The zero-order chi connectivity index (χ0) is 15.3. The number of halogens is 1. The molecule has 1 unspecified atom stereocenters. The maximum absolute atomic E-state index is 12.1. The van der Waals surface area contributed by atoms with Crippen molar-refractivity contribution in [3.8, 4) is 0 Å². The molecule has 1 N–H and O–H groups in total. The lowest BCUT2D eigenvalue weighted by atomic mass is 9.94. The predicted octanol–water partition coefficient (Wildman–Crippen LogP) is 2.30. The standard InChI is InChI=1S/C14H15ClO5/c1-3-20-14(19)10-6-4-5-9(7-11(16)17)12(10)13(18)8(2)15/h4-6,8H,3,7H2,1-2H3,(H,16,17). The number of carbonyl (C=O) groups excluding carboxylic acids is 2. The summed E-state index contributed by atoms with van der Waals surface area (Å²) in [4.78, 5) is 34.9. The van der Waals surface area contributed by atoms with Crippen LogP contribution in [0.5, 0.6) is 0 Å². The number of benzene rings is 1. The third-order valence-electron chi connectivity index (χ3n) is 2.60. The topological polar surface area (TPSA) is 80.7 Å². The Labute approximate surface area is 121 Å². The average Bonchev–Trinajstić information content (AvgIpc) is 2.37. The Morgan fingerprint density at radius 3 is 2.50 bits per heavy atom. The lowest BCUT2D eigenvalue weighted by Crippen LogP contribution is -2.20. The predicted molar refractivity (Wildman–Crippen MR) is 73.4 cm³/mol. The molecule has 0 aliphatic carbocycles. The van der Waals surface area contributed by atoms with Crippen molar-refractivity contribution >= 4 is 29.3 Å². The molecule has 6 heteroatoms. The van der Waals surface area contributed by atoms with Gasteiger partial charge in [0.1, 0.15) is 0 Å². The molecule has 0 radical (unpaired) electrons. The highest BCUT2D eigenvalue weighted by Crippen LogP contribution is 2.21. The molecule has 108 valence electrons. The van der Waals surface area contributed by atoms with Gasteiger partial charge < -0.3 is 9.84 Å². The number of hydrogen-bond acceptors (Lipinski definition) is 4. The van der Waals surface area contributed by atoms with Crippen LogP contribution in [-0.2, 0) is 16.0 Å². The van der Waals surface area contributed by atoms with E-state index >= 15 is 0 Å². The van der Waals surface area contributed by atoms with Crippen LogP contribution in [0.1, 0.15) is 40.1 Å². The number of esters is 1. The fourth-order valence-electron chi connectivity index (χ4n) is 1.78. The maximum atomic E-state index is 12.1. The number of ether oxygens (including phenoxy) is 1. The van der Waals surface area contributed by atoms with Gasteiger partial charge in [-0.1, -0.05) is 12.1 Å². The van der Waals surface area contributed by atoms with Gasteiger partial charge in [-0.3, -0.25) is 9.59 Å². The number of carboxylic acid groups (broad SMARTS) is 1. The van der Waals surface area contributed by atoms with Crippen molar-refractivity contribution in [1.29, 1.82) is 0 Å². The molecule has 1 atom stereocenters. The Hall–Kier alpha value is -1.88. The first-order valence-corrected chi connectivity index (χ1v) is 6.51. The molecule has 1 aromatic carbocycles. The van der Waals surface area contributed by atoms with Crippen molar-refractivity contribution in [3.63, 3.8) is 0 Å². The smallest absolute Gasteiger partial charge is 0.338 e. The van der Waals surface area contributed by atoms with Crippen molar-refractivity contribution in [1.82, 2.24) is 0 Å². The van der Waals surface area contributed by atoms with Gasteiger partial charge in [0.2, 0.25) is 0 Å². The van der Waals surface area contributed by atoms with Gasteiger partial charge in [0.15, 0.2) is 5.78 Å². The highest BCUT2D eigenvalue weighted by molar-refractivity contribution is 6.34. The molecule has 0 saturated carbocycles. The Balaban J connectivity index is 3.39. The number of rotatable bonds is 6. The SMILES string of the molecule is CCOC(=O)c1cccc(CC(=O)O)c1C(=O)C(C)Cl. The quantitative estimate of drug-likeness (QED) is 0.495. The third kappa shape index (κ3) is 3.81. The van der Waals surface area contributed by atoms with E-state index in [0.29, 0.717) is 0 Å². The number of carbonyl (C=O) groups is 3. The molecule has 0 aromatic heterocycles. The second kappa shape index (κ2) is 7.05. The van der Waals surface area contributed by atoms with E-state index in [-0.39, 0.29) is 29.7 Å². The number of Topliss-reactive ketones (excluding diaryl/α,β-unsaturated/α-hetero) is 1. The molecule has 1 aromatic rings. The Kier molecular flexibility index (Phi) is 5.70. The highest BCUT2D eigenvalue weighted by atomic mass is 35.5. The van der Waals surface area contributed by atoms with Crippen LogP contribution in [0.2, 0.25) is 0 Å². The monoisotopic (exact) mass is 298 g/mol. The fourth-order valence-corrected chi connectivity index (χ4v) is 1.89. The van der Waals surface area contributed by atoms with Crippen molar-refractivity contribution in [2.75, 3.05) is 6.61 Å². The Morgan fingerprint density at radius 1 is 1.35 bits per heavy atom. The summed E-state index contributed by atoms with van der Waals surface area (Å²) in [5.74, 6) is -2.26. The van der Waals surface area contributed by atoms with E-state index in [4.69, 9.17) is 21.4 Å². The second-order valence-electron chi connectivity index (χ2n) is 4.11. The maximum Gasteiger partial charge on any atom is 0.338 e. The summed E-state index contributed by atoms with van der Waals surface area (Å²) in [6.45, 7) is 3.27.